The molecule has 6 nitrogen and oxygen atoms in total. The standard InChI is InChI=1S/C12H23N3O3S/c1-9(2)14(3)19(17,18)15-7-6-11-10(8-15)4-5-12(16)13-11/h9-11H,4-8H2,1-3H3,(H,13,16). The third kappa shape index (κ3) is 2.93. The summed E-state index contributed by atoms with van der Waals surface area (Å²) in [5, 5.41) is 2.97. The molecule has 2 aliphatic heterocycles. The normalized spacial score (nSPS) is 29.4. The molecule has 2 unspecified atom stereocenters. The van der Waals surface area contributed by atoms with E-state index < -0.39 is 10.2 Å². The van der Waals surface area contributed by atoms with Crippen molar-refractivity contribution in [1.29, 1.82) is 0 Å². The van der Waals surface area contributed by atoms with Crippen LogP contribution in [0.25, 0.3) is 0 Å². The summed E-state index contributed by atoms with van der Waals surface area (Å²) in [7, 11) is -1.75. The quantitative estimate of drug-likeness (QED) is 0.805. The van der Waals surface area contributed by atoms with E-state index in [4.69, 9.17) is 0 Å². The van der Waals surface area contributed by atoms with E-state index in [1.54, 1.807) is 11.4 Å². The van der Waals surface area contributed by atoms with E-state index in [0.29, 0.717) is 25.9 Å². The highest BCUT2D eigenvalue weighted by molar-refractivity contribution is 7.86. The predicted octanol–water partition coefficient (Wildman–Crippen LogP) is 0.172. The topological polar surface area (TPSA) is 69.7 Å². The van der Waals surface area contributed by atoms with E-state index in [0.717, 1.165) is 6.42 Å². The van der Waals surface area contributed by atoms with Crippen molar-refractivity contribution in [1.82, 2.24) is 13.9 Å². The van der Waals surface area contributed by atoms with Crippen LogP contribution < -0.4 is 5.32 Å². The number of nitrogens with zero attached hydrogens (tertiary/aromatic N) is 2. The molecule has 0 aromatic heterocycles. The summed E-state index contributed by atoms with van der Waals surface area (Å²) in [5.41, 5.74) is 0. The molecule has 1 amide bonds. The van der Waals surface area contributed by atoms with Gasteiger partial charge in [0.2, 0.25) is 5.91 Å². The van der Waals surface area contributed by atoms with Gasteiger partial charge in [0.25, 0.3) is 10.2 Å². The SMILES string of the molecule is CC(C)N(C)S(=O)(=O)N1CCC2NC(=O)CCC2C1. The Labute approximate surface area is 115 Å². The first kappa shape index (κ1) is 14.7. The summed E-state index contributed by atoms with van der Waals surface area (Å²) >= 11 is 0. The van der Waals surface area contributed by atoms with Crippen molar-refractivity contribution < 1.29 is 13.2 Å². The molecule has 0 saturated carbocycles. The average Bonchev–Trinajstić information content (AvgIpc) is 2.36. The second-order valence-corrected chi connectivity index (χ2v) is 7.73. The molecule has 2 fully saturated rings. The van der Waals surface area contributed by atoms with E-state index in [9.17, 15) is 13.2 Å². The Morgan fingerprint density at radius 3 is 2.68 bits per heavy atom. The van der Waals surface area contributed by atoms with Gasteiger partial charge in [0.1, 0.15) is 0 Å². The molecule has 110 valence electrons. The Morgan fingerprint density at radius 1 is 1.37 bits per heavy atom. The van der Waals surface area contributed by atoms with Gasteiger partial charge in [-0.2, -0.15) is 17.0 Å². The number of carbonyl (C=O) groups is 1. The molecule has 0 bridgehead atoms. The Hall–Kier alpha value is -0.660. The zero-order valence-corrected chi connectivity index (χ0v) is 12.6. The van der Waals surface area contributed by atoms with Gasteiger partial charge in [-0.25, -0.2) is 0 Å². The fourth-order valence-electron chi connectivity index (χ4n) is 2.73. The van der Waals surface area contributed by atoms with Gasteiger partial charge < -0.3 is 5.32 Å². The lowest BCUT2D eigenvalue weighted by molar-refractivity contribution is -0.124. The van der Waals surface area contributed by atoms with Gasteiger partial charge in [-0.3, -0.25) is 4.79 Å². The maximum absolute atomic E-state index is 12.4. The molecule has 7 heteroatoms. The van der Waals surface area contributed by atoms with Crippen LogP contribution in [-0.2, 0) is 15.0 Å². The minimum atomic E-state index is -3.37. The molecular weight excluding hydrogens is 266 g/mol. The Kier molecular flexibility index (Phi) is 4.17. The summed E-state index contributed by atoms with van der Waals surface area (Å²) in [4.78, 5) is 11.3. The molecule has 0 aliphatic carbocycles. The van der Waals surface area contributed by atoms with Gasteiger partial charge in [-0.05, 0) is 32.6 Å². The second-order valence-electron chi connectivity index (χ2n) is 5.74. The summed E-state index contributed by atoms with van der Waals surface area (Å²) in [6, 6.07) is 0.103. The number of hydrogen-bond donors (Lipinski definition) is 1. The Bertz CT molecular complexity index is 449. The van der Waals surface area contributed by atoms with Crippen molar-refractivity contribution in [2.45, 2.75) is 45.2 Å². The Morgan fingerprint density at radius 2 is 2.05 bits per heavy atom. The smallest absolute Gasteiger partial charge is 0.281 e. The van der Waals surface area contributed by atoms with Crippen molar-refractivity contribution >= 4 is 16.1 Å². The highest BCUT2D eigenvalue weighted by atomic mass is 32.2. The first-order valence-corrected chi connectivity index (χ1v) is 8.24. The monoisotopic (exact) mass is 289 g/mol. The molecule has 2 atom stereocenters. The number of rotatable bonds is 3. The molecule has 0 radical (unpaired) electrons. The molecule has 19 heavy (non-hydrogen) atoms. The maximum Gasteiger partial charge on any atom is 0.281 e. The number of piperidine rings is 2. The Balaban J connectivity index is 2.07. The van der Waals surface area contributed by atoms with Gasteiger partial charge in [0, 0.05) is 38.6 Å². The van der Waals surface area contributed by atoms with Gasteiger partial charge in [0.15, 0.2) is 0 Å². The number of amides is 1. The van der Waals surface area contributed by atoms with Crippen LogP contribution in [0.15, 0.2) is 0 Å². The number of hydrogen-bond acceptors (Lipinski definition) is 3. The van der Waals surface area contributed by atoms with Crippen LogP contribution in [0.5, 0.6) is 0 Å². The summed E-state index contributed by atoms with van der Waals surface area (Å²) in [6.45, 7) is 4.74. The van der Waals surface area contributed by atoms with Crippen LogP contribution in [0.4, 0.5) is 0 Å². The van der Waals surface area contributed by atoms with Crippen molar-refractivity contribution in [2.75, 3.05) is 20.1 Å². The predicted molar refractivity (Wildman–Crippen MR) is 72.7 cm³/mol. The van der Waals surface area contributed by atoms with E-state index in [2.05, 4.69) is 5.32 Å². The highest BCUT2D eigenvalue weighted by Crippen LogP contribution is 2.27. The van der Waals surface area contributed by atoms with E-state index in [-0.39, 0.29) is 23.9 Å². The van der Waals surface area contributed by atoms with Gasteiger partial charge in [0.05, 0.1) is 0 Å². The molecule has 2 heterocycles. The zero-order chi connectivity index (χ0) is 14.2. The van der Waals surface area contributed by atoms with Crippen LogP contribution in [0, 0.1) is 5.92 Å². The molecule has 1 N–H and O–H groups in total. The fraction of sp³-hybridized carbons (Fsp3) is 0.917. The second kappa shape index (κ2) is 5.38. The zero-order valence-electron chi connectivity index (χ0n) is 11.8. The third-order valence-corrected chi connectivity index (χ3v) is 6.34. The minimum Gasteiger partial charge on any atom is -0.353 e. The lowest BCUT2D eigenvalue weighted by Crippen LogP contribution is -2.57. The molecule has 2 aliphatic rings. The molecule has 2 saturated heterocycles. The van der Waals surface area contributed by atoms with Crippen molar-refractivity contribution in [2.24, 2.45) is 5.92 Å². The number of fused-ring (bicyclic) bond motifs is 1. The average molecular weight is 289 g/mol. The highest BCUT2D eigenvalue weighted by Gasteiger charge is 2.39. The van der Waals surface area contributed by atoms with Gasteiger partial charge in [-0.15, -0.1) is 0 Å². The van der Waals surface area contributed by atoms with E-state index in [1.807, 2.05) is 13.8 Å². The maximum atomic E-state index is 12.4. The van der Waals surface area contributed by atoms with Crippen LogP contribution in [-0.4, -0.2) is 55.2 Å². The van der Waals surface area contributed by atoms with Crippen molar-refractivity contribution in [3.05, 3.63) is 0 Å². The summed E-state index contributed by atoms with van der Waals surface area (Å²) in [5.74, 6) is 0.346. The largest absolute Gasteiger partial charge is 0.353 e. The van der Waals surface area contributed by atoms with Crippen molar-refractivity contribution in [3.63, 3.8) is 0 Å². The molecule has 0 aromatic carbocycles. The molecular formula is C12H23N3O3S. The molecule has 2 rings (SSSR count). The van der Waals surface area contributed by atoms with Gasteiger partial charge >= 0.3 is 0 Å². The third-order valence-electron chi connectivity index (χ3n) is 4.20. The molecule has 0 aromatic rings. The van der Waals surface area contributed by atoms with Crippen LogP contribution in [0.1, 0.15) is 33.1 Å². The number of nitrogens with one attached hydrogen (secondary N) is 1. The van der Waals surface area contributed by atoms with Crippen molar-refractivity contribution in [3.8, 4) is 0 Å². The van der Waals surface area contributed by atoms with E-state index >= 15 is 0 Å². The lowest BCUT2D eigenvalue weighted by atomic mass is 9.86. The van der Waals surface area contributed by atoms with Crippen LogP contribution in [0.3, 0.4) is 0 Å². The number of carbonyl (C=O) groups excluding carboxylic acids is 1. The van der Waals surface area contributed by atoms with Crippen LogP contribution in [0.2, 0.25) is 0 Å². The first-order valence-electron chi connectivity index (χ1n) is 6.85. The van der Waals surface area contributed by atoms with Crippen LogP contribution >= 0.6 is 0 Å². The first-order chi connectivity index (χ1) is 8.82. The lowest BCUT2D eigenvalue weighted by Gasteiger charge is -2.42. The minimum absolute atomic E-state index is 0.0474. The summed E-state index contributed by atoms with van der Waals surface area (Å²) < 4.78 is 27.8. The molecule has 0 spiro atoms. The fourth-order valence-corrected chi connectivity index (χ4v) is 4.35. The van der Waals surface area contributed by atoms with Gasteiger partial charge in [-0.1, -0.05) is 0 Å². The van der Waals surface area contributed by atoms with E-state index in [1.165, 1.54) is 4.31 Å². The summed E-state index contributed by atoms with van der Waals surface area (Å²) in [6.07, 6.45) is 2.00.